The molecule has 1 saturated heterocycles. The van der Waals surface area contributed by atoms with Crippen LogP contribution in [0.4, 0.5) is 0 Å². The average molecular weight is 262 g/mol. The lowest BCUT2D eigenvalue weighted by molar-refractivity contribution is -0.134. The van der Waals surface area contributed by atoms with Gasteiger partial charge in [0.15, 0.2) is 11.5 Å². The van der Waals surface area contributed by atoms with E-state index in [1.54, 1.807) is 4.90 Å². The van der Waals surface area contributed by atoms with Gasteiger partial charge in [-0.1, -0.05) is 6.07 Å². The number of nitrogens with zero attached hydrogens (tertiary/aromatic N) is 1. The first-order chi connectivity index (χ1) is 9.24. The lowest BCUT2D eigenvalue weighted by Crippen LogP contribution is -2.33. The van der Waals surface area contributed by atoms with Gasteiger partial charge in [0.2, 0.25) is 12.7 Å². The summed E-state index contributed by atoms with van der Waals surface area (Å²) in [7, 11) is 1.85. The molecule has 1 atom stereocenters. The van der Waals surface area contributed by atoms with Crippen molar-refractivity contribution >= 4 is 5.91 Å². The highest BCUT2D eigenvalue weighted by atomic mass is 16.7. The van der Waals surface area contributed by atoms with Gasteiger partial charge in [-0.05, 0) is 30.7 Å². The topological polar surface area (TPSA) is 50.8 Å². The number of carbonyl (C=O) groups excluding carboxylic acids is 1. The van der Waals surface area contributed by atoms with Crippen molar-refractivity contribution in [2.45, 2.75) is 13.0 Å². The highest BCUT2D eigenvalue weighted by Crippen LogP contribution is 2.32. The standard InChI is InChI=1S/C14H18N2O3/c1-16(14(17)11-4-5-15-7-11)8-10-2-3-12-13(6-10)19-9-18-12/h2-3,6,11,15H,4-5,7-9H2,1H3. The number of ether oxygens (including phenoxy) is 2. The number of fused-ring (bicyclic) bond motifs is 1. The molecule has 0 bridgehead atoms. The zero-order valence-corrected chi connectivity index (χ0v) is 11.0. The van der Waals surface area contributed by atoms with E-state index in [1.807, 2.05) is 25.2 Å². The van der Waals surface area contributed by atoms with Gasteiger partial charge in [0, 0.05) is 20.1 Å². The van der Waals surface area contributed by atoms with Gasteiger partial charge in [-0.25, -0.2) is 0 Å². The zero-order chi connectivity index (χ0) is 13.2. The number of amides is 1. The molecule has 3 rings (SSSR count). The molecule has 2 heterocycles. The third-order valence-electron chi connectivity index (χ3n) is 3.64. The van der Waals surface area contributed by atoms with E-state index in [1.165, 1.54) is 0 Å². The average Bonchev–Trinajstić information content (AvgIpc) is 3.08. The minimum atomic E-state index is 0.124. The fourth-order valence-corrected chi connectivity index (χ4v) is 2.57. The van der Waals surface area contributed by atoms with E-state index < -0.39 is 0 Å². The highest BCUT2D eigenvalue weighted by molar-refractivity contribution is 5.79. The summed E-state index contributed by atoms with van der Waals surface area (Å²) in [5.41, 5.74) is 1.06. The summed E-state index contributed by atoms with van der Waals surface area (Å²) in [5.74, 6) is 1.88. The SMILES string of the molecule is CN(Cc1ccc2c(c1)OCO2)C(=O)C1CCNC1. The molecule has 5 nitrogen and oxygen atoms in total. The second kappa shape index (κ2) is 5.09. The summed E-state index contributed by atoms with van der Waals surface area (Å²) < 4.78 is 10.6. The summed E-state index contributed by atoms with van der Waals surface area (Å²) >= 11 is 0. The lowest BCUT2D eigenvalue weighted by Gasteiger charge is -2.20. The van der Waals surface area contributed by atoms with Crippen molar-refractivity contribution in [1.82, 2.24) is 10.2 Å². The van der Waals surface area contributed by atoms with Crippen LogP contribution in [0.3, 0.4) is 0 Å². The minimum absolute atomic E-state index is 0.124. The van der Waals surface area contributed by atoms with Crippen LogP contribution in [0.1, 0.15) is 12.0 Å². The molecular weight excluding hydrogens is 244 g/mol. The van der Waals surface area contributed by atoms with Crippen LogP contribution in [0.5, 0.6) is 11.5 Å². The van der Waals surface area contributed by atoms with Crippen LogP contribution >= 0.6 is 0 Å². The second-order valence-corrected chi connectivity index (χ2v) is 5.07. The molecule has 2 aliphatic heterocycles. The molecular formula is C14H18N2O3. The molecule has 1 unspecified atom stereocenters. The Morgan fingerprint density at radius 3 is 3.05 bits per heavy atom. The fraction of sp³-hybridized carbons (Fsp3) is 0.500. The second-order valence-electron chi connectivity index (χ2n) is 5.07. The summed E-state index contributed by atoms with van der Waals surface area (Å²) in [4.78, 5) is 14.0. The zero-order valence-electron chi connectivity index (χ0n) is 11.0. The van der Waals surface area contributed by atoms with Crippen LogP contribution in [0, 0.1) is 5.92 Å². The van der Waals surface area contributed by atoms with E-state index >= 15 is 0 Å². The summed E-state index contributed by atoms with van der Waals surface area (Å²) in [5, 5.41) is 3.22. The monoisotopic (exact) mass is 262 g/mol. The van der Waals surface area contributed by atoms with Crippen molar-refractivity contribution in [2.75, 3.05) is 26.9 Å². The van der Waals surface area contributed by atoms with E-state index in [0.717, 1.165) is 36.6 Å². The van der Waals surface area contributed by atoms with Gasteiger partial charge in [0.05, 0.1) is 5.92 Å². The Bertz CT molecular complexity index is 484. The summed E-state index contributed by atoms with van der Waals surface area (Å²) in [6, 6.07) is 5.82. The smallest absolute Gasteiger partial charge is 0.231 e. The van der Waals surface area contributed by atoms with Crippen molar-refractivity contribution in [3.63, 3.8) is 0 Å². The van der Waals surface area contributed by atoms with Gasteiger partial charge >= 0.3 is 0 Å². The van der Waals surface area contributed by atoms with Crippen molar-refractivity contribution in [3.8, 4) is 11.5 Å². The Morgan fingerprint density at radius 1 is 1.42 bits per heavy atom. The molecule has 0 radical (unpaired) electrons. The van der Waals surface area contributed by atoms with E-state index in [2.05, 4.69) is 5.32 Å². The van der Waals surface area contributed by atoms with Crippen LogP contribution in [0.15, 0.2) is 18.2 Å². The number of hydrogen-bond donors (Lipinski definition) is 1. The number of rotatable bonds is 3. The lowest BCUT2D eigenvalue weighted by atomic mass is 10.1. The Balaban J connectivity index is 1.65. The van der Waals surface area contributed by atoms with Crippen molar-refractivity contribution in [1.29, 1.82) is 0 Å². The van der Waals surface area contributed by atoms with Crippen LogP contribution < -0.4 is 14.8 Å². The Hall–Kier alpha value is -1.75. The third kappa shape index (κ3) is 2.51. The predicted molar refractivity (Wildman–Crippen MR) is 70.0 cm³/mol. The van der Waals surface area contributed by atoms with Crippen LogP contribution in [0.2, 0.25) is 0 Å². The highest BCUT2D eigenvalue weighted by Gasteiger charge is 2.25. The van der Waals surface area contributed by atoms with E-state index in [0.29, 0.717) is 6.54 Å². The molecule has 102 valence electrons. The van der Waals surface area contributed by atoms with Crippen LogP contribution in [-0.2, 0) is 11.3 Å². The van der Waals surface area contributed by atoms with Crippen molar-refractivity contribution < 1.29 is 14.3 Å². The first-order valence-corrected chi connectivity index (χ1v) is 6.58. The molecule has 1 fully saturated rings. The van der Waals surface area contributed by atoms with Crippen molar-refractivity contribution in [2.24, 2.45) is 5.92 Å². The molecule has 2 aliphatic rings. The maximum Gasteiger partial charge on any atom is 0.231 e. The number of nitrogens with one attached hydrogen (secondary N) is 1. The van der Waals surface area contributed by atoms with Gasteiger partial charge in [-0.2, -0.15) is 0 Å². The van der Waals surface area contributed by atoms with Gasteiger partial charge in [0.1, 0.15) is 0 Å². The van der Waals surface area contributed by atoms with E-state index in [4.69, 9.17) is 9.47 Å². The van der Waals surface area contributed by atoms with E-state index in [9.17, 15) is 4.79 Å². The predicted octanol–water partition coefficient (Wildman–Crippen LogP) is 0.983. The Kier molecular flexibility index (Phi) is 3.29. The molecule has 5 heteroatoms. The molecule has 1 aromatic rings. The van der Waals surface area contributed by atoms with Gasteiger partial charge < -0.3 is 19.7 Å². The van der Waals surface area contributed by atoms with Gasteiger partial charge in [-0.3, -0.25) is 4.79 Å². The largest absolute Gasteiger partial charge is 0.454 e. The summed E-state index contributed by atoms with van der Waals surface area (Å²) in [6.07, 6.45) is 0.935. The molecule has 0 saturated carbocycles. The van der Waals surface area contributed by atoms with Crippen LogP contribution in [0.25, 0.3) is 0 Å². The molecule has 0 aliphatic carbocycles. The minimum Gasteiger partial charge on any atom is -0.454 e. The number of hydrogen-bond acceptors (Lipinski definition) is 4. The maximum absolute atomic E-state index is 12.2. The van der Waals surface area contributed by atoms with Crippen molar-refractivity contribution in [3.05, 3.63) is 23.8 Å². The van der Waals surface area contributed by atoms with Crippen LogP contribution in [-0.4, -0.2) is 37.7 Å². The normalized spacial score (nSPS) is 20.6. The molecule has 19 heavy (non-hydrogen) atoms. The molecule has 1 N–H and O–H groups in total. The molecule has 0 spiro atoms. The van der Waals surface area contributed by atoms with Gasteiger partial charge in [-0.15, -0.1) is 0 Å². The Morgan fingerprint density at radius 2 is 2.26 bits per heavy atom. The molecule has 0 aromatic heterocycles. The summed E-state index contributed by atoms with van der Waals surface area (Å²) in [6.45, 7) is 2.62. The molecule has 1 aromatic carbocycles. The fourth-order valence-electron chi connectivity index (χ4n) is 2.57. The third-order valence-corrected chi connectivity index (χ3v) is 3.64. The Labute approximate surface area is 112 Å². The molecule has 1 amide bonds. The first kappa shape index (κ1) is 12.3. The number of carbonyl (C=O) groups is 1. The van der Waals surface area contributed by atoms with E-state index in [-0.39, 0.29) is 18.6 Å². The quantitative estimate of drug-likeness (QED) is 0.882. The first-order valence-electron chi connectivity index (χ1n) is 6.58. The maximum atomic E-state index is 12.2. The number of benzene rings is 1. The van der Waals surface area contributed by atoms with Gasteiger partial charge in [0.25, 0.3) is 0 Å².